The Balaban J connectivity index is 1.61. The molecule has 1 aliphatic heterocycles. The third-order valence-corrected chi connectivity index (χ3v) is 4.43. The van der Waals surface area contributed by atoms with Crippen LogP contribution in [0, 0.1) is 0 Å². The Morgan fingerprint density at radius 3 is 2.68 bits per heavy atom. The van der Waals surface area contributed by atoms with E-state index in [1.807, 2.05) is 51.9 Å². The lowest BCUT2D eigenvalue weighted by Gasteiger charge is -2.26. The monoisotopic (exact) mass is 336 g/mol. The van der Waals surface area contributed by atoms with E-state index < -0.39 is 0 Å². The lowest BCUT2D eigenvalue weighted by atomic mass is 10.2. The van der Waals surface area contributed by atoms with Gasteiger partial charge in [-0.25, -0.2) is 9.97 Å². The molecule has 3 aromatic rings. The number of benzene rings is 1. The highest BCUT2D eigenvalue weighted by atomic mass is 16.5. The van der Waals surface area contributed by atoms with E-state index in [4.69, 9.17) is 9.72 Å². The molecule has 0 N–H and O–H groups in total. The molecule has 0 spiro atoms. The van der Waals surface area contributed by atoms with Gasteiger partial charge in [0, 0.05) is 37.8 Å². The van der Waals surface area contributed by atoms with Gasteiger partial charge in [-0.05, 0) is 24.3 Å². The van der Waals surface area contributed by atoms with Crippen molar-refractivity contribution in [3.05, 3.63) is 54.5 Å². The second kappa shape index (κ2) is 7.03. The molecule has 6 nitrogen and oxygen atoms in total. The Bertz CT molecular complexity index is 870. The molecule has 0 aliphatic carbocycles. The maximum atomic E-state index is 12.5. The van der Waals surface area contributed by atoms with Crippen LogP contribution in [0.5, 0.6) is 0 Å². The van der Waals surface area contributed by atoms with E-state index in [-0.39, 0.29) is 5.91 Å². The fourth-order valence-electron chi connectivity index (χ4n) is 3.17. The quantitative estimate of drug-likeness (QED) is 0.733. The van der Waals surface area contributed by atoms with Crippen LogP contribution < -0.4 is 0 Å². The van der Waals surface area contributed by atoms with Crippen molar-refractivity contribution >= 4 is 17.1 Å². The second-order valence-electron chi connectivity index (χ2n) is 6.04. The normalized spacial score (nSPS) is 14.8. The number of morpholine rings is 1. The van der Waals surface area contributed by atoms with Gasteiger partial charge in [-0.2, -0.15) is 0 Å². The minimum absolute atomic E-state index is 0.155. The predicted octanol–water partition coefficient (Wildman–Crippen LogP) is 2.21. The number of ether oxygens (including phenoxy) is 1. The predicted molar refractivity (Wildman–Crippen MR) is 94.6 cm³/mol. The fourth-order valence-corrected chi connectivity index (χ4v) is 3.17. The van der Waals surface area contributed by atoms with Crippen LogP contribution in [0.1, 0.15) is 12.2 Å². The van der Waals surface area contributed by atoms with Crippen molar-refractivity contribution in [3.63, 3.8) is 0 Å². The minimum atomic E-state index is 0.155. The maximum Gasteiger partial charge on any atom is 0.223 e. The zero-order valence-corrected chi connectivity index (χ0v) is 14.0. The first-order valence-corrected chi connectivity index (χ1v) is 8.56. The third kappa shape index (κ3) is 3.25. The SMILES string of the molecule is O=C(CCc1nc2cccnc2n1-c1ccccc1)N1CCOCC1. The molecule has 0 radical (unpaired) electrons. The number of pyridine rings is 1. The van der Waals surface area contributed by atoms with E-state index in [1.165, 1.54) is 0 Å². The Labute approximate surface area is 146 Å². The highest BCUT2D eigenvalue weighted by molar-refractivity contribution is 5.77. The average Bonchev–Trinajstić information content (AvgIpc) is 3.06. The number of aromatic nitrogens is 3. The summed E-state index contributed by atoms with van der Waals surface area (Å²) in [5.74, 6) is 1.02. The van der Waals surface area contributed by atoms with Gasteiger partial charge in [0.25, 0.3) is 0 Å². The van der Waals surface area contributed by atoms with E-state index in [9.17, 15) is 4.79 Å². The molecule has 1 amide bonds. The number of hydrogen-bond acceptors (Lipinski definition) is 4. The van der Waals surface area contributed by atoms with Crippen molar-refractivity contribution in [2.24, 2.45) is 0 Å². The summed E-state index contributed by atoms with van der Waals surface area (Å²) in [7, 11) is 0. The highest BCUT2D eigenvalue weighted by Gasteiger charge is 2.19. The third-order valence-electron chi connectivity index (χ3n) is 4.43. The Kier molecular flexibility index (Phi) is 4.43. The molecule has 0 atom stereocenters. The van der Waals surface area contributed by atoms with Crippen molar-refractivity contribution in [1.29, 1.82) is 0 Å². The summed E-state index contributed by atoms with van der Waals surface area (Å²) in [4.78, 5) is 23.5. The zero-order valence-electron chi connectivity index (χ0n) is 14.0. The Morgan fingerprint density at radius 1 is 1.08 bits per heavy atom. The van der Waals surface area contributed by atoms with Gasteiger partial charge in [0.15, 0.2) is 5.65 Å². The van der Waals surface area contributed by atoms with Crippen LogP contribution >= 0.6 is 0 Å². The van der Waals surface area contributed by atoms with Gasteiger partial charge in [0.1, 0.15) is 11.3 Å². The maximum absolute atomic E-state index is 12.5. The van der Waals surface area contributed by atoms with Crippen LogP contribution in [0.25, 0.3) is 16.9 Å². The van der Waals surface area contributed by atoms with Crippen molar-refractivity contribution < 1.29 is 9.53 Å². The molecule has 2 aromatic heterocycles. The van der Waals surface area contributed by atoms with Crippen LogP contribution in [0.4, 0.5) is 0 Å². The largest absolute Gasteiger partial charge is 0.378 e. The van der Waals surface area contributed by atoms with Crippen LogP contribution in [0.3, 0.4) is 0 Å². The standard InChI is InChI=1S/C19H20N4O2/c24-18(22-11-13-25-14-12-22)9-8-17-21-16-7-4-10-20-19(16)23(17)15-5-2-1-3-6-15/h1-7,10H,8-9,11-14H2. The number of carbonyl (C=O) groups is 1. The van der Waals surface area contributed by atoms with E-state index >= 15 is 0 Å². The van der Waals surface area contributed by atoms with Gasteiger partial charge in [-0.1, -0.05) is 18.2 Å². The average molecular weight is 336 g/mol. The van der Waals surface area contributed by atoms with Gasteiger partial charge in [-0.3, -0.25) is 9.36 Å². The number of para-hydroxylation sites is 1. The first-order chi connectivity index (χ1) is 12.3. The summed E-state index contributed by atoms with van der Waals surface area (Å²) in [6.45, 7) is 2.60. The minimum Gasteiger partial charge on any atom is -0.378 e. The molecule has 1 aromatic carbocycles. The van der Waals surface area contributed by atoms with E-state index in [1.54, 1.807) is 6.20 Å². The summed E-state index contributed by atoms with van der Waals surface area (Å²) >= 11 is 0. The molecule has 25 heavy (non-hydrogen) atoms. The van der Waals surface area contributed by atoms with Crippen molar-refractivity contribution in [2.75, 3.05) is 26.3 Å². The molecule has 1 aliphatic rings. The highest BCUT2D eigenvalue weighted by Crippen LogP contribution is 2.20. The Hall–Kier alpha value is -2.73. The summed E-state index contributed by atoms with van der Waals surface area (Å²) in [5, 5.41) is 0. The van der Waals surface area contributed by atoms with Crippen LogP contribution in [0.2, 0.25) is 0 Å². The van der Waals surface area contributed by atoms with Crippen molar-refractivity contribution in [1.82, 2.24) is 19.4 Å². The number of aryl methyl sites for hydroxylation is 1. The Morgan fingerprint density at radius 2 is 1.88 bits per heavy atom. The number of hydrogen-bond donors (Lipinski definition) is 0. The van der Waals surface area contributed by atoms with E-state index in [0.29, 0.717) is 39.1 Å². The molecular weight excluding hydrogens is 316 g/mol. The van der Waals surface area contributed by atoms with Crippen LogP contribution in [-0.2, 0) is 16.0 Å². The van der Waals surface area contributed by atoms with Gasteiger partial charge in [-0.15, -0.1) is 0 Å². The molecule has 1 saturated heterocycles. The molecule has 3 heterocycles. The molecule has 4 rings (SSSR count). The molecule has 0 saturated carbocycles. The van der Waals surface area contributed by atoms with E-state index in [2.05, 4.69) is 4.98 Å². The van der Waals surface area contributed by atoms with Crippen molar-refractivity contribution in [2.45, 2.75) is 12.8 Å². The van der Waals surface area contributed by atoms with Gasteiger partial charge in [0.2, 0.25) is 5.91 Å². The lowest BCUT2D eigenvalue weighted by Crippen LogP contribution is -2.40. The number of fused-ring (bicyclic) bond motifs is 1. The summed E-state index contributed by atoms with van der Waals surface area (Å²) in [6, 6.07) is 13.9. The first-order valence-electron chi connectivity index (χ1n) is 8.56. The molecular formula is C19H20N4O2. The molecule has 6 heteroatoms. The lowest BCUT2D eigenvalue weighted by molar-refractivity contribution is -0.135. The zero-order chi connectivity index (χ0) is 17.1. The van der Waals surface area contributed by atoms with Gasteiger partial charge < -0.3 is 9.64 Å². The second-order valence-corrected chi connectivity index (χ2v) is 6.04. The molecule has 128 valence electrons. The number of carbonyl (C=O) groups excluding carboxylic acids is 1. The topological polar surface area (TPSA) is 60.2 Å². The number of rotatable bonds is 4. The number of nitrogens with zero attached hydrogens (tertiary/aromatic N) is 4. The number of imidazole rings is 1. The first kappa shape index (κ1) is 15.8. The fraction of sp³-hybridized carbons (Fsp3) is 0.316. The van der Waals surface area contributed by atoms with Gasteiger partial charge >= 0.3 is 0 Å². The molecule has 0 unspecified atom stereocenters. The molecule has 0 bridgehead atoms. The summed E-state index contributed by atoms with van der Waals surface area (Å²) in [6.07, 6.45) is 2.80. The van der Waals surface area contributed by atoms with Crippen molar-refractivity contribution in [3.8, 4) is 5.69 Å². The van der Waals surface area contributed by atoms with Crippen LogP contribution in [-0.4, -0.2) is 51.6 Å². The van der Waals surface area contributed by atoms with Crippen LogP contribution in [0.15, 0.2) is 48.7 Å². The van der Waals surface area contributed by atoms with Gasteiger partial charge in [0.05, 0.1) is 13.2 Å². The molecule has 1 fully saturated rings. The smallest absolute Gasteiger partial charge is 0.223 e. The summed E-state index contributed by atoms with van der Waals surface area (Å²) < 4.78 is 7.35. The van der Waals surface area contributed by atoms with E-state index in [0.717, 1.165) is 22.7 Å². The summed E-state index contributed by atoms with van der Waals surface area (Å²) in [5.41, 5.74) is 2.68. The number of amides is 1.